The summed E-state index contributed by atoms with van der Waals surface area (Å²) in [6.45, 7) is 9.63. The fourth-order valence-corrected chi connectivity index (χ4v) is 6.21. The number of likely N-dealkylation sites (tertiary alicyclic amines) is 1. The van der Waals surface area contributed by atoms with Crippen molar-refractivity contribution >= 4 is 34.0 Å². The van der Waals surface area contributed by atoms with Gasteiger partial charge in [-0.25, -0.2) is 19.7 Å². The van der Waals surface area contributed by atoms with Crippen molar-refractivity contribution in [2.24, 2.45) is 0 Å². The number of amides is 1. The fourth-order valence-electron chi connectivity index (χ4n) is 6.21. The second-order valence-corrected chi connectivity index (χ2v) is 10.5. The first-order chi connectivity index (χ1) is 19.2. The van der Waals surface area contributed by atoms with Crippen molar-refractivity contribution in [2.75, 3.05) is 57.4 Å². The third-order valence-corrected chi connectivity index (χ3v) is 8.27. The Morgan fingerprint density at radius 2 is 1.85 bits per heavy atom. The Hall–Kier alpha value is -3.70. The normalized spacial score (nSPS) is 19.5. The largest absolute Gasteiger partial charge is 0.448 e. The summed E-state index contributed by atoms with van der Waals surface area (Å²) in [5.74, 6) is 2.60. The van der Waals surface area contributed by atoms with Gasteiger partial charge in [0.15, 0.2) is 22.8 Å². The van der Waals surface area contributed by atoms with Gasteiger partial charge >= 0.3 is 6.09 Å². The van der Waals surface area contributed by atoms with Crippen molar-refractivity contribution in [1.29, 1.82) is 0 Å². The predicted molar refractivity (Wildman–Crippen MR) is 148 cm³/mol. The molecule has 0 spiro atoms. The lowest BCUT2D eigenvalue weighted by Gasteiger charge is -2.35. The average molecular weight is 531 g/mol. The fraction of sp³-hybridized carbons (Fsp3) is 0.500. The van der Waals surface area contributed by atoms with E-state index in [2.05, 4.69) is 44.5 Å². The highest BCUT2D eigenvalue weighted by molar-refractivity contribution is 5.95. The number of imidazole rings is 1. The van der Waals surface area contributed by atoms with Gasteiger partial charge in [-0.2, -0.15) is 0 Å². The molecule has 0 unspecified atom stereocenters. The number of piperidine rings is 1. The molecule has 3 aliphatic heterocycles. The SMILES string of the molecule is CCn1c(CN2CCC(N3CCOC3=O)CC2)nc2c(N3CCOCC3)nc(-c3cccc4[nH]ccc34)nc21. The minimum absolute atomic E-state index is 0.165. The Morgan fingerprint density at radius 3 is 2.62 bits per heavy atom. The van der Waals surface area contributed by atoms with Crippen LogP contribution in [0.3, 0.4) is 0 Å². The molecule has 3 aromatic heterocycles. The van der Waals surface area contributed by atoms with Crippen LogP contribution in [0.5, 0.6) is 0 Å². The Kier molecular flexibility index (Phi) is 6.32. The quantitative estimate of drug-likeness (QED) is 0.405. The summed E-state index contributed by atoms with van der Waals surface area (Å²) in [5.41, 5.74) is 3.81. The summed E-state index contributed by atoms with van der Waals surface area (Å²) in [5, 5.41) is 1.11. The van der Waals surface area contributed by atoms with Gasteiger partial charge in [-0.15, -0.1) is 0 Å². The number of benzene rings is 1. The minimum Gasteiger partial charge on any atom is -0.448 e. The molecule has 0 aliphatic carbocycles. The first-order valence-electron chi connectivity index (χ1n) is 14.0. The van der Waals surface area contributed by atoms with Gasteiger partial charge in [0.1, 0.15) is 12.4 Å². The maximum absolute atomic E-state index is 12.0. The van der Waals surface area contributed by atoms with E-state index in [4.69, 9.17) is 24.4 Å². The number of hydrogen-bond acceptors (Lipinski definition) is 8. The monoisotopic (exact) mass is 530 g/mol. The van der Waals surface area contributed by atoms with Crippen LogP contribution in [0.1, 0.15) is 25.6 Å². The smallest absolute Gasteiger partial charge is 0.410 e. The maximum Gasteiger partial charge on any atom is 0.410 e. The van der Waals surface area contributed by atoms with Gasteiger partial charge in [-0.1, -0.05) is 12.1 Å². The summed E-state index contributed by atoms with van der Waals surface area (Å²) < 4.78 is 13.0. The Labute approximate surface area is 226 Å². The minimum atomic E-state index is -0.165. The van der Waals surface area contributed by atoms with E-state index in [1.807, 2.05) is 17.2 Å². The Bertz CT molecular complexity index is 1500. The number of nitrogens with one attached hydrogen (secondary N) is 1. The van der Waals surface area contributed by atoms with E-state index >= 15 is 0 Å². The number of fused-ring (bicyclic) bond motifs is 2. The molecule has 204 valence electrons. The predicted octanol–water partition coefficient (Wildman–Crippen LogP) is 3.25. The van der Waals surface area contributed by atoms with E-state index in [0.717, 1.165) is 91.4 Å². The molecular weight excluding hydrogens is 496 g/mol. The molecule has 6 heterocycles. The lowest BCUT2D eigenvalue weighted by Crippen LogP contribution is -2.45. The molecule has 1 N–H and O–H groups in total. The van der Waals surface area contributed by atoms with Crippen LogP contribution >= 0.6 is 0 Å². The van der Waals surface area contributed by atoms with E-state index in [0.29, 0.717) is 32.2 Å². The third kappa shape index (κ3) is 4.39. The Morgan fingerprint density at radius 1 is 1.00 bits per heavy atom. The molecule has 3 aliphatic rings. The van der Waals surface area contributed by atoms with Gasteiger partial charge in [0, 0.05) is 61.4 Å². The summed E-state index contributed by atoms with van der Waals surface area (Å²) in [4.78, 5) is 37.4. The molecule has 3 fully saturated rings. The first kappa shape index (κ1) is 24.3. The number of morpholine rings is 1. The van der Waals surface area contributed by atoms with Crippen LogP contribution in [0, 0.1) is 0 Å². The average Bonchev–Trinajstić information content (AvgIpc) is 3.71. The number of carbonyl (C=O) groups is 1. The standard InChI is InChI=1S/C28H34N8O3/c1-2-35-23(18-33-10-7-19(8-11-33)36-14-17-39-28(36)37)30-24-26(34-12-15-38-16-13-34)31-25(32-27(24)35)21-4-3-5-22-20(21)6-9-29-22/h3-6,9,19,29H,2,7-8,10-18H2,1H3. The summed E-state index contributed by atoms with van der Waals surface area (Å²) in [7, 11) is 0. The van der Waals surface area contributed by atoms with Crippen molar-refractivity contribution in [1.82, 2.24) is 34.3 Å². The lowest BCUT2D eigenvalue weighted by molar-refractivity contribution is 0.114. The molecular formula is C28H34N8O3. The summed E-state index contributed by atoms with van der Waals surface area (Å²) in [6, 6.07) is 8.56. The molecule has 0 atom stereocenters. The van der Waals surface area contributed by atoms with E-state index in [1.54, 1.807) is 0 Å². The van der Waals surface area contributed by atoms with Crippen molar-refractivity contribution in [3.63, 3.8) is 0 Å². The molecule has 11 heteroatoms. The molecule has 0 saturated carbocycles. The number of aromatic amines is 1. The molecule has 39 heavy (non-hydrogen) atoms. The summed E-state index contributed by atoms with van der Waals surface area (Å²) >= 11 is 0. The van der Waals surface area contributed by atoms with Crippen LogP contribution in [-0.4, -0.2) is 99.0 Å². The highest BCUT2D eigenvalue weighted by atomic mass is 16.6. The van der Waals surface area contributed by atoms with E-state index in [-0.39, 0.29) is 12.1 Å². The molecule has 1 amide bonds. The zero-order valence-corrected chi connectivity index (χ0v) is 22.3. The number of aryl methyl sites for hydroxylation is 1. The number of nitrogens with zero attached hydrogens (tertiary/aromatic N) is 7. The zero-order chi connectivity index (χ0) is 26.3. The van der Waals surface area contributed by atoms with Crippen molar-refractivity contribution in [3.05, 3.63) is 36.3 Å². The van der Waals surface area contributed by atoms with Gasteiger partial charge in [0.25, 0.3) is 0 Å². The van der Waals surface area contributed by atoms with Crippen LogP contribution in [0.15, 0.2) is 30.5 Å². The maximum atomic E-state index is 12.0. The van der Waals surface area contributed by atoms with Crippen LogP contribution in [0.2, 0.25) is 0 Å². The molecule has 1 aromatic carbocycles. The van der Waals surface area contributed by atoms with Crippen molar-refractivity contribution in [2.45, 2.75) is 38.9 Å². The van der Waals surface area contributed by atoms with Crippen LogP contribution in [0.25, 0.3) is 33.5 Å². The topological polar surface area (TPSA) is 105 Å². The number of rotatable bonds is 6. The van der Waals surface area contributed by atoms with Gasteiger partial charge in [0.05, 0.1) is 26.3 Å². The zero-order valence-electron chi connectivity index (χ0n) is 22.3. The molecule has 0 bridgehead atoms. The van der Waals surface area contributed by atoms with Gasteiger partial charge in [-0.3, -0.25) is 4.90 Å². The van der Waals surface area contributed by atoms with Crippen LogP contribution in [-0.2, 0) is 22.6 Å². The number of hydrogen-bond donors (Lipinski definition) is 1. The van der Waals surface area contributed by atoms with Crippen molar-refractivity contribution < 1.29 is 14.3 Å². The second-order valence-electron chi connectivity index (χ2n) is 10.5. The molecule has 3 saturated heterocycles. The number of ether oxygens (including phenoxy) is 2. The van der Waals surface area contributed by atoms with E-state index < -0.39 is 0 Å². The second kappa shape index (κ2) is 10.1. The Balaban J connectivity index is 1.24. The molecule has 0 radical (unpaired) electrons. The number of cyclic esters (lactones) is 1. The number of aromatic nitrogens is 5. The molecule has 4 aromatic rings. The van der Waals surface area contributed by atoms with Crippen LogP contribution < -0.4 is 4.90 Å². The number of H-pyrrole nitrogens is 1. The van der Waals surface area contributed by atoms with Crippen LogP contribution in [0.4, 0.5) is 10.6 Å². The van der Waals surface area contributed by atoms with E-state index in [9.17, 15) is 4.79 Å². The number of carbonyl (C=O) groups excluding carboxylic acids is 1. The number of anilines is 1. The van der Waals surface area contributed by atoms with Gasteiger partial charge < -0.3 is 28.8 Å². The van der Waals surface area contributed by atoms with Gasteiger partial charge in [0.2, 0.25) is 0 Å². The molecule has 11 nitrogen and oxygen atoms in total. The third-order valence-electron chi connectivity index (χ3n) is 8.27. The van der Waals surface area contributed by atoms with Gasteiger partial charge in [-0.05, 0) is 31.9 Å². The molecule has 7 rings (SSSR count). The first-order valence-corrected chi connectivity index (χ1v) is 14.0. The lowest BCUT2D eigenvalue weighted by atomic mass is 10.0. The highest BCUT2D eigenvalue weighted by Crippen LogP contribution is 2.32. The summed E-state index contributed by atoms with van der Waals surface area (Å²) in [6.07, 6.45) is 3.69. The highest BCUT2D eigenvalue weighted by Gasteiger charge is 2.33. The van der Waals surface area contributed by atoms with E-state index in [1.165, 1.54) is 0 Å². The van der Waals surface area contributed by atoms with Crippen molar-refractivity contribution in [3.8, 4) is 11.4 Å².